The van der Waals surface area contributed by atoms with Crippen LogP contribution < -0.4 is 30.8 Å². The summed E-state index contributed by atoms with van der Waals surface area (Å²) in [6, 6.07) is 2.08. The first-order valence-corrected chi connectivity index (χ1v) is 12.8. The van der Waals surface area contributed by atoms with E-state index in [1.165, 1.54) is 16.8 Å². The first-order chi connectivity index (χ1) is 17.6. The van der Waals surface area contributed by atoms with Crippen LogP contribution in [-0.2, 0) is 18.3 Å². The van der Waals surface area contributed by atoms with Crippen molar-refractivity contribution >= 4 is 23.6 Å². The van der Waals surface area contributed by atoms with Crippen LogP contribution in [0.2, 0.25) is 0 Å². The third-order valence-corrected chi connectivity index (χ3v) is 6.87. The van der Waals surface area contributed by atoms with Gasteiger partial charge in [-0.2, -0.15) is 4.98 Å². The molecule has 1 saturated heterocycles. The van der Waals surface area contributed by atoms with E-state index in [0.29, 0.717) is 11.5 Å². The third kappa shape index (κ3) is 6.68. The minimum atomic E-state index is 0.122. The molecule has 0 saturated carbocycles. The van der Waals surface area contributed by atoms with Gasteiger partial charge in [0.2, 0.25) is 17.9 Å². The Hall–Kier alpha value is -3.40. The van der Waals surface area contributed by atoms with E-state index in [1.807, 2.05) is 38.0 Å². The molecule has 0 radical (unpaired) electrons. The second-order valence-corrected chi connectivity index (χ2v) is 10.1. The molecule has 0 unspecified atom stereocenters. The van der Waals surface area contributed by atoms with Crippen LogP contribution in [0, 0.1) is 0 Å². The molecule has 37 heavy (non-hydrogen) atoms. The Labute approximate surface area is 220 Å². The lowest BCUT2D eigenvalue weighted by Gasteiger charge is -2.41. The van der Waals surface area contributed by atoms with Gasteiger partial charge in [-0.05, 0) is 46.6 Å². The minimum Gasteiger partial charge on any atom is -0.479 e. The number of carbonyl (C=O) groups is 1. The molecule has 202 valence electrons. The lowest BCUT2D eigenvalue weighted by atomic mass is 10.0. The molecule has 10 heteroatoms. The molecule has 1 amide bonds. The van der Waals surface area contributed by atoms with E-state index in [0.717, 1.165) is 62.6 Å². The summed E-state index contributed by atoms with van der Waals surface area (Å²) < 4.78 is 7.11. The summed E-state index contributed by atoms with van der Waals surface area (Å²) in [5, 5.41) is 6.56. The lowest BCUT2D eigenvalue weighted by molar-refractivity contribution is -0.107. The van der Waals surface area contributed by atoms with Crippen LogP contribution in [0.3, 0.4) is 0 Å². The number of piperazine rings is 1. The summed E-state index contributed by atoms with van der Waals surface area (Å²) in [6.45, 7) is 14.4. The maximum absolute atomic E-state index is 11.0. The molecular formula is C27H42N8O2. The average Bonchev–Trinajstić information content (AvgIpc) is 3.32. The number of aromatic nitrogens is 3. The lowest BCUT2D eigenvalue weighted by Crippen LogP contribution is -2.57. The summed E-state index contributed by atoms with van der Waals surface area (Å²) in [6.07, 6.45) is 6.50. The number of nitrogens with zero attached hydrogens (tertiary/aromatic N) is 6. The van der Waals surface area contributed by atoms with Crippen LogP contribution in [-0.4, -0.2) is 66.8 Å². The van der Waals surface area contributed by atoms with Gasteiger partial charge in [0, 0.05) is 75.2 Å². The van der Waals surface area contributed by atoms with E-state index in [-0.39, 0.29) is 5.54 Å². The van der Waals surface area contributed by atoms with Crippen LogP contribution in [0.15, 0.2) is 34.7 Å². The van der Waals surface area contributed by atoms with Gasteiger partial charge in [0.05, 0.1) is 7.11 Å². The summed E-state index contributed by atoms with van der Waals surface area (Å²) >= 11 is 0. The van der Waals surface area contributed by atoms with Gasteiger partial charge in [-0.3, -0.25) is 9.69 Å². The third-order valence-electron chi connectivity index (χ3n) is 6.87. The van der Waals surface area contributed by atoms with Crippen LogP contribution in [0.4, 0.5) is 17.2 Å². The minimum absolute atomic E-state index is 0.122. The fraction of sp³-hybridized carbons (Fsp3) is 0.556. The molecule has 4 rings (SSSR count). The van der Waals surface area contributed by atoms with Crippen LogP contribution >= 0.6 is 0 Å². The van der Waals surface area contributed by atoms with Gasteiger partial charge in [-0.1, -0.05) is 12.5 Å². The smallest absolute Gasteiger partial charge is 0.241 e. The van der Waals surface area contributed by atoms with Gasteiger partial charge in [0.15, 0.2) is 0 Å². The number of methoxy groups -OCH3 is 1. The Morgan fingerprint density at radius 1 is 1.32 bits per heavy atom. The predicted molar refractivity (Wildman–Crippen MR) is 149 cm³/mol. The van der Waals surface area contributed by atoms with Crippen molar-refractivity contribution in [1.29, 1.82) is 0 Å². The van der Waals surface area contributed by atoms with Crippen molar-refractivity contribution in [2.24, 2.45) is 12.0 Å². The average molecular weight is 511 g/mol. The topological polar surface area (TPSA) is 99.9 Å². The highest BCUT2D eigenvalue weighted by atomic mass is 16.5. The second-order valence-electron chi connectivity index (χ2n) is 10.1. The molecule has 0 spiro atoms. The molecule has 0 aromatic carbocycles. The van der Waals surface area contributed by atoms with Crippen molar-refractivity contribution in [3.8, 4) is 5.88 Å². The summed E-state index contributed by atoms with van der Waals surface area (Å²) in [7, 11) is 5.36. The number of fused-ring (bicyclic) bond motifs is 1. The number of anilines is 3. The normalized spacial score (nSPS) is 17.5. The molecule has 0 atom stereocenters. The molecule has 10 nitrogen and oxygen atoms in total. The fourth-order valence-corrected chi connectivity index (χ4v) is 4.51. The molecule has 4 heterocycles. The van der Waals surface area contributed by atoms with E-state index in [9.17, 15) is 4.79 Å². The predicted octanol–water partition coefficient (Wildman–Crippen LogP) is 2.86. The van der Waals surface area contributed by atoms with Gasteiger partial charge in [0.25, 0.3) is 0 Å². The number of aryl methyl sites for hydroxylation is 1. The zero-order valence-electron chi connectivity index (χ0n) is 23.6. The Kier molecular flexibility index (Phi) is 9.31. The number of hydrogen-bond acceptors (Lipinski definition) is 8. The van der Waals surface area contributed by atoms with E-state index in [2.05, 4.69) is 64.3 Å². The van der Waals surface area contributed by atoms with Gasteiger partial charge in [-0.25, -0.2) is 9.98 Å². The first-order valence-electron chi connectivity index (χ1n) is 12.8. The van der Waals surface area contributed by atoms with Gasteiger partial charge in [0.1, 0.15) is 11.5 Å². The van der Waals surface area contributed by atoms with Gasteiger partial charge >= 0.3 is 0 Å². The SMILES string of the molecule is CC/C(C)=C(\C)N=c1nc(OC)c(NC)cn1C.CC1(C)CN(c2ccnc3c2CCN3C=O)CCN1. The highest BCUT2D eigenvalue weighted by molar-refractivity contribution is 5.80. The maximum atomic E-state index is 11.0. The van der Waals surface area contributed by atoms with Gasteiger partial charge < -0.3 is 24.8 Å². The Bertz CT molecular complexity index is 1200. The van der Waals surface area contributed by atoms with E-state index in [4.69, 9.17) is 4.74 Å². The van der Waals surface area contributed by atoms with Crippen molar-refractivity contribution in [2.45, 2.75) is 53.0 Å². The Balaban J connectivity index is 0.000000206. The van der Waals surface area contributed by atoms with Crippen LogP contribution in [0.25, 0.3) is 0 Å². The number of hydrogen-bond donors (Lipinski definition) is 2. The number of amides is 1. The molecular weight excluding hydrogens is 468 g/mol. The highest BCUT2D eigenvalue weighted by Gasteiger charge is 2.30. The number of carbonyl (C=O) groups excluding carboxylic acids is 1. The molecule has 2 aromatic rings. The number of allylic oxidation sites excluding steroid dienone is 2. The van der Waals surface area contributed by atoms with Crippen LogP contribution in [0.5, 0.6) is 5.88 Å². The zero-order valence-corrected chi connectivity index (χ0v) is 23.6. The Morgan fingerprint density at radius 2 is 2.08 bits per heavy atom. The maximum Gasteiger partial charge on any atom is 0.241 e. The van der Waals surface area contributed by atoms with Crippen molar-refractivity contribution in [1.82, 2.24) is 19.9 Å². The molecule has 0 bridgehead atoms. The van der Waals surface area contributed by atoms with E-state index >= 15 is 0 Å². The molecule has 2 aliphatic heterocycles. The second kappa shape index (κ2) is 12.2. The number of ether oxygens (including phenoxy) is 1. The number of pyridine rings is 1. The van der Waals surface area contributed by atoms with E-state index < -0.39 is 0 Å². The van der Waals surface area contributed by atoms with E-state index in [1.54, 1.807) is 12.0 Å². The monoisotopic (exact) mass is 510 g/mol. The van der Waals surface area contributed by atoms with Crippen molar-refractivity contribution in [2.75, 3.05) is 55.5 Å². The molecule has 2 aromatic heterocycles. The van der Waals surface area contributed by atoms with Crippen molar-refractivity contribution in [3.63, 3.8) is 0 Å². The standard InChI is InChI=1S/C14H20N4O.C13H22N4O/c1-14(2)9-17(8-6-16-14)12-3-5-15-13-11(12)4-7-18(13)10-19;1-7-9(2)10(3)15-13-16-12(18-6)11(14-4)8-17(13)5/h3,5,10,16H,4,6-9H2,1-2H3;8,14H,7H2,1-6H3/b;10-9+,15-13?. The molecule has 2 N–H and O–H groups in total. The zero-order chi connectivity index (χ0) is 27.2. The quantitative estimate of drug-likeness (QED) is 0.577. The number of nitrogens with one attached hydrogen (secondary N) is 2. The van der Waals surface area contributed by atoms with Crippen molar-refractivity contribution in [3.05, 3.63) is 40.9 Å². The van der Waals surface area contributed by atoms with Crippen LogP contribution in [0.1, 0.15) is 46.6 Å². The van der Waals surface area contributed by atoms with Crippen molar-refractivity contribution < 1.29 is 9.53 Å². The summed E-state index contributed by atoms with van der Waals surface area (Å²) in [5.74, 6) is 1.39. The Morgan fingerprint density at radius 3 is 2.70 bits per heavy atom. The molecule has 0 aliphatic carbocycles. The number of rotatable bonds is 6. The summed E-state index contributed by atoms with van der Waals surface area (Å²) in [4.78, 5) is 28.4. The molecule has 1 fully saturated rings. The summed E-state index contributed by atoms with van der Waals surface area (Å²) in [5.41, 5.74) is 6.31. The molecule has 2 aliphatic rings. The largest absolute Gasteiger partial charge is 0.479 e. The fourth-order valence-electron chi connectivity index (χ4n) is 4.51. The van der Waals surface area contributed by atoms with Gasteiger partial charge in [-0.15, -0.1) is 0 Å². The highest BCUT2D eigenvalue weighted by Crippen LogP contribution is 2.34. The first kappa shape index (κ1) is 28.2.